The van der Waals surface area contributed by atoms with E-state index in [-0.39, 0.29) is 5.69 Å². The van der Waals surface area contributed by atoms with Gasteiger partial charge in [0.1, 0.15) is 6.04 Å². The number of fused-ring (bicyclic) bond motifs is 1. The van der Waals surface area contributed by atoms with Crippen molar-refractivity contribution in [1.29, 1.82) is 0 Å². The molecule has 8 nitrogen and oxygen atoms in total. The number of hydrogen-bond acceptors (Lipinski definition) is 5. The van der Waals surface area contributed by atoms with Crippen LogP contribution in [0.3, 0.4) is 0 Å². The van der Waals surface area contributed by atoms with Crippen LogP contribution in [0.15, 0.2) is 30.6 Å². The molecule has 3 N–H and O–H groups in total. The molecule has 0 unspecified atom stereocenters. The fraction of sp³-hybridized carbons (Fsp3) is 0.231. The highest BCUT2D eigenvalue weighted by molar-refractivity contribution is 5.74. The van der Waals surface area contributed by atoms with Gasteiger partial charge in [0.2, 0.25) is 0 Å². The molecule has 8 heteroatoms. The number of aromatic nitrogens is 2. The fourth-order valence-electron chi connectivity index (χ4n) is 2.49. The summed E-state index contributed by atoms with van der Waals surface area (Å²) in [7, 11) is 0. The van der Waals surface area contributed by atoms with Crippen LogP contribution in [0.25, 0.3) is 0 Å². The Morgan fingerprint density at radius 3 is 2.71 bits per heavy atom. The number of nitrogens with zero attached hydrogens (tertiary/aromatic N) is 2. The minimum Gasteiger partial charge on any atom is -0.480 e. The normalized spacial score (nSPS) is 20.8. The average Bonchev–Trinajstić information content (AvgIpc) is 2.94. The molecular weight excluding hydrogens is 276 g/mol. The Balaban J connectivity index is 1.97. The average molecular weight is 288 g/mol. The van der Waals surface area contributed by atoms with Gasteiger partial charge < -0.3 is 10.1 Å². The standard InChI is InChI=1S/C13H12N4O4/c18-13(19)10-5-9-12(15-6-14-9)11(16-10)7-1-3-8(4-2-7)17(20)21/h1-4,6,10-11,16H,5H2,(H,14,15)(H,18,19)/t10-,11+/m0/s1. The lowest BCUT2D eigenvalue weighted by atomic mass is 9.94. The van der Waals surface area contributed by atoms with Gasteiger partial charge >= 0.3 is 5.97 Å². The zero-order chi connectivity index (χ0) is 15.0. The molecule has 1 aromatic heterocycles. The van der Waals surface area contributed by atoms with Gasteiger partial charge in [-0.05, 0) is 5.56 Å². The van der Waals surface area contributed by atoms with Crippen LogP contribution in [0.4, 0.5) is 5.69 Å². The van der Waals surface area contributed by atoms with Crippen molar-refractivity contribution in [3.8, 4) is 0 Å². The highest BCUT2D eigenvalue weighted by Gasteiger charge is 2.33. The van der Waals surface area contributed by atoms with E-state index in [4.69, 9.17) is 0 Å². The molecule has 0 radical (unpaired) electrons. The van der Waals surface area contributed by atoms with Gasteiger partial charge in [-0.3, -0.25) is 20.2 Å². The molecule has 21 heavy (non-hydrogen) atoms. The number of carboxylic acids is 1. The molecule has 108 valence electrons. The van der Waals surface area contributed by atoms with Crippen molar-refractivity contribution < 1.29 is 14.8 Å². The first-order valence-corrected chi connectivity index (χ1v) is 6.31. The number of imidazole rings is 1. The van der Waals surface area contributed by atoms with Crippen LogP contribution in [0.5, 0.6) is 0 Å². The van der Waals surface area contributed by atoms with Crippen molar-refractivity contribution in [3.63, 3.8) is 0 Å². The monoisotopic (exact) mass is 288 g/mol. The molecule has 0 spiro atoms. The minimum atomic E-state index is -0.942. The second-order valence-electron chi connectivity index (χ2n) is 4.81. The predicted octanol–water partition coefficient (Wildman–Crippen LogP) is 1.01. The lowest BCUT2D eigenvalue weighted by molar-refractivity contribution is -0.384. The Bertz CT molecular complexity index is 694. The SMILES string of the molecule is O=C(O)[C@@H]1Cc2[nH]cnc2[C@@H](c2ccc([N+](=O)[O-])cc2)N1. The smallest absolute Gasteiger partial charge is 0.321 e. The van der Waals surface area contributed by atoms with Gasteiger partial charge in [-0.1, -0.05) is 12.1 Å². The highest BCUT2D eigenvalue weighted by Crippen LogP contribution is 2.29. The first-order valence-electron chi connectivity index (χ1n) is 6.31. The maximum atomic E-state index is 11.2. The summed E-state index contributed by atoms with van der Waals surface area (Å²) in [6, 6.07) is 4.89. The van der Waals surface area contributed by atoms with E-state index >= 15 is 0 Å². The molecule has 0 fully saturated rings. The quantitative estimate of drug-likeness (QED) is 0.572. The van der Waals surface area contributed by atoms with E-state index < -0.39 is 23.0 Å². The molecule has 2 atom stereocenters. The molecule has 1 aliphatic heterocycles. The Morgan fingerprint density at radius 1 is 1.38 bits per heavy atom. The number of H-pyrrole nitrogens is 1. The number of rotatable bonds is 3. The molecular formula is C13H12N4O4. The number of non-ortho nitro benzene ring substituents is 1. The number of nitro groups is 1. The van der Waals surface area contributed by atoms with Crippen LogP contribution in [-0.4, -0.2) is 32.0 Å². The maximum Gasteiger partial charge on any atom is 0.321 e. The molecule has 0 aliphatic carbocycles. The van der Waals surface area contributed by atoms with Crippen LogP contribution in [0, 0.1) is 10.1 Å². The van der Waals surface area contributed by atoms with Gasteiger partial charge in [0.25, 0.3) is 5.69 Å². The van der Waals surface area contributed by atoms with Crippen LogP contribution >= 0.6 is 0 Å². The lowest BCUT2D eigenvalue weighted by Crippen LogP contribution is -2.45. The first-order chi connectivity index (χ1) is 10.1. The Kier molecular flexibility index (Phi) is 3.15. The van der Waals surface area contributed by atoms with Crippen LogP contribution < -0.4 is 5.32 Å². The molecule has 2 aromatic rings. The maximum absolute atomic E-state index is 11.2. The number of hydrogen-bond donors (Lipinski definition) is 3. The van der Waals surface area contributed by atoms with E-state index in [1.165, 1.54) is 18.5 Å². The van der Waals surface area contributed by atoms with Crippen LogP contribution in [0.2, 0.25) is 0 Å². The van der Waals surface area contributed by atoms with E-state index in [1.807, 2.05) is 0 Å². The number of aliphatic carboxylic acids is 1. The fourth-order valence-corrected chi connectivity index (χ4v) is 2.49. The number of benzene rings is 1. The molecule has 2 heterocycles. The van der Waals surface area contributed by atoms with Gasteiger partial charge in [-0.2, -0.15) is 0 Å². The number of aromatic amines is 1. The third kappa shape index (κ3) is 2.36. The summed E-state index contributed by atoms with van der Waals surface area (Å²) < 4.78 is 0. The second-order valence-corrected chi connectivity index (χ2v) is 4.81. The summed E-state index contributed by atoms with van der Waals surface area (Å²) in [6.45, 7) is 0. The molecule has 3 rings (SSSR count). The molecule has 1 aliphatic rings. The van der Waals surface area contributed by atoms with E-state index in [0.717, 1.165) is 17.0 Å². The molecule has 1 aromatic carbocycles. The van der Waals surface area contributed by atoms with Crippen molar-refractivity contribution in [1.82, 2.24) is 15.3 Å². The summed E-state index contributed by atoms with van der Waals surface area (Å²) in [4.78, 5) is 28.6. The summed E-state index contributed by atoms with van der Waals surface area (Å²) in [5.74, 6) is -0.942. The number of nitro benzene ring substituents is 1. The van der Waals surface area contributed by atoms with Gasteiger partial charge in [-0.15, -0.1) is 0 Å². The van der Waals surface area contributed by atoms with Gasteiger partial charge in [-0.25, -0.2) is 4.98 Å². The van der Waals surface area contributed by atoms with Crippen molar-refractivity contribution in [2.24, 2.45) is 0 Å². The summed E-state index contributed by atoms with van der Waals surface area (Å²) in [6.07, 6.45) is 1.85. The van der Waals surface area contributed by atoms with E-state index in [2.05, 4.69) is 15.3 Å². The summed E-state index contributed by atoms with van der Waals surface area (Å²) in [5, 5.41) is 22.9. The van der Waals surface area contributed by atoms with Gasteiger partial charge in [0, 0.05) is 24.2 Å². The summed E-state index contributed by atoms with van der Waals surface area (Å²) >= 11 is 0. The van der Waals surface area contributed by atoms with Crippen LogP contribution in [-0.2, 0) is 11.2 Å². The molecule has 0 saturated carbocycles. The zero-order valence-corrected chi connectivity index (χ0v) is 10.8. The minimum absolute atomic E-state index is 0.00778. The third-order valence-electron chi connectivity index (χ3n) is 3.54. The summed E-state index contributed by atoms with van der Waals surface area (Å²) in [5.41, 5.74) is 2.22. The molecule has 0 bridgehead atoms. The Morgan fingerprint density at radius 2 is 2.10 bits per heavy atom. The largest absolute Gasteiger partial charge is 0.480 e. The predicted molar refractivity (Wildman–Crippen MR) is 71.8 cm³/mol. The van der Waals surface area contributed by atoms with Gasteiger partial charge in [0.15, 0.2) is 0 Å². The highest BCUT2D eigenvalue weighted by atomic mass is 16.6. The second kappa shape index (κ2) is 4.98. The topological polar surface area (TPSA) is 121 Å². The number of carbonyl (C=O) groups is 1. The Labute approximate surface area is 119 Å². The van der Waals surface area contributed by atoms with E-state index in [0.29, 0.717) is 6.42 Å². The number of carboxylic acid groups (broad SMARTS) is 1. The number of nitrogens with one attached hydrogen (secondary N) is 2. The van der Waals surface area contributed by atoms with Crippen molar-refractivity contribution >= 4 is 11.7 Å². The third-order valence-corrected chi connectivity index (χ3v) is 3.54. The molecule has 0 saturated heterocycles. The van der Waals surface area contributed by atoms with Crippen LogP contribution in [0.1, 0.15) is 23.0 Å². The zero-order valence-electron chi connectivity index (χ0n) is 10.8. The van der Waals surface area contributed by atoms with Gasteiger partial charge in [0.05, 0.1) is 23.0 Å². The van der Waals surface area contributed by atoms with E-state index in [1.54, 1.807) is 12.1 Å². The van der Waals surface area contributed by atoms with Crippen molar-refractivity contribution in [2.75, 3.05) is 0 Å². The lowest BCUT2D eigenvalue weighted by Gasteiger charge is -2.28. The molecule has 0 amide bonds. The van der Waals surface area contributed by atoms with Crippen molar-refractivity contribution in [2.45, 2.75) is 18.5 Å². The van der Waals surface area contributed by atoms with E-state index in [9.17, 15) is 20.0 Å². The Hall–Kier alpha value is -2.74. The van der Waals surface area contributed by atoms with Crippen molar-refractivity contribution in [3.05, 3.63) is 57.7 Å². The first kappa shape index (κ1) is 13.3.